The average molecular weight is 342 g/mol. The summed E-state index contributed by atoms with van der Waals surface area (Å²) in [5, 5.41) is 21.1. The summed E-state index contributed by atoms with van der Waals surface area (Å²) in [5.74, 6) is -0.0614. The van der Waals surface area contributed by atoms with Gasteiger partial charge in [-0.2, -0.15) is 0 Å². The zero-order valence-electron chi connectivity index (χ0n) is 15.1. The van der Waals surface area contributed by atoms with Crippen LogP contribution in [0.5, 0.6) is 0 Å². The molecule has 6 nitrogen and oxygen atoms in total. The van der Waals surface area contributed by atoms with Crippen LogP contribution in [0.15, 0.2) is 24.3 Å². The fourth-order valence-electron chi connectivity index (χ4n) is 3.32. The third-order valence-corrected chi connectivity index (χ3v) is 4.78. The van der Waals surface area contributed by atoms with Crippen molar-refractivity contribution in [1.82, 2.24) is 20.3 Å². The van der Waals surface area contributed by atoms with Crippen LogP contribution in [0.1, 0.15) is 67.2 Å². The summed E-state index contributed by atoms with van der Waals surface area (Å²) in [6.07, 6.45) is 2.84. The molecule has 3 rings (SSSR count). The zero-order valence-corrected chi connectivity index (χ0v) is 15.1. The third-order valence-electron chi connectivity index (χ3n) is 4.78. The molecule has 0 radical (unpaired) electrons. The molecule has 1 aliphatic carbocycles. The molecule has 1 saturated carbocycles. The lowest BCUT2D eigenvalue weighted by molar-refractivity contribution is 0.0862. The zero-order chi connectivity index (χ0) is 18.0. The highest BCUT2D eigenvalue weighted by Gasteiger charge is 2.26. The van der Waals surface area contributed by atoms with Crippen molar-refractivity contribution >= 4 is 5.91 Å². The molecule has 25 heavy (non-hydrogen) atoms. The Labute approximate surface area is 148 Å². The van der Waals surface area contributed by atoms with Gasteiger partial charge in [-0.15, -0.1) is 5.10 Å². The van der Waals surface area contributed by atoms with Gasteiger partial charge >= 0.3 is 0 Å². The molecule has 1 aromatic carbocycles. The number of hydrogen-bond donors (Lipinski definition) is 2. The van der Waals surface area contributed by atoms with Crippen molar-refractivity contribution < 1.29 is 9.90 Å². The monoisotopic (exact) mass is 342 g/mol. The Morgan fingerprint density at radius 2 is 1.84 bits per heavy atom. The second-order valence-corrected chi connectivity index (χ2v) is 7.20. The molecule has 6 heteroatoms. The SMILES string of the molecule is Cc1ccc(-n2nnc(C(=O)NC3CCC(O)CC3)c2C(C)C)cc1. The lowest BCUT2D eigenvalue weighted by Crippen LogP contribution is -2.39. The molecule has 2 N–H and O–H groups in total. The van der Waals surface area contributed by atoms with E-state index in [4.69, 9.17) is 0 Å². The van der Waals surface area contributed by atoms with Gasteiger partial charge in [0.05, 0.1) is 17.5 Å². The molecule has 1 fully saturated rings. The first kappa shape index (κ1) is 17.6. The van der Waals surface area contributed by atoms with Crippen molar-refractivity contribution in [3.63, 3.8) is 0 Å². The molecule has 0 saturated heterocycles. The van der Waals surface area contributed by atoms with Crippen LogP contribution >= 0.6 is 0 Å². The van der Waals surface area contributed by atoms with Gasteiger partial charge in [0.1, 0.15) is 0 Å². The van der Waals surface area contributed by atoms with Gasteiger partial charge in [-0.25, -0.2) is 4.68 Å². The van der Waals surface area contributed by atoms with Gasteiger partial charge in [0, 0.05) is 6.04 Å². The summed E-state index contributed by atoms with van der Waals surface area (Å²) in [4.78, 5) is 12.7. The van der Waals surface area contributed by atoms with E-state index in [1.165, 1.54) is 5.56 Å². The van der Waals surface area contributed by atoms with Crippen LogP contribution in [0.4, 0.5) is 0 Å². The Kier molecular flexibility index (Phi) is 5.18. The molecule has 134 valence electrons. The summed E-state index contributed by atoms with van der Waals surface area (Å²) in [6.45, 7) is 6.11. The number of hydrogen-bond acceptors (Lipinski definition) is 4. The molecule has 1 heterocycles. The Morgan fingerprint density at radius 1 is 1.20 bits per heavy atom. The fraction of sp³-hybridized carbons (Fsp3) is 0.526. The Hall–Kier alpha value is -2.21. The lowest BCUT2D eigenvalue weighted by atomic mass is 9.93. The molecule has 2 aromatic rings. The molecular formula is C19H26N4O2. The normalized spacial score (nSPS) is 20.7. The van der Waals surface area contributed by atoms with E-state index in [0.29, 0.717) is 5.69 Å². The van der Waals surface area contributed by atoms with Crippen molar-refractivity contribution in [2.45, 2.75) is 64.5 Å². The van der Waals surface area contributed by atoms with Crippen molar-refractivity contribution in [2.75, 3.05) is 0 Å². The van der Waals surface area contributed by atoms with E-state index in [0.717, 1.165) is 37.1 Å². The standard InChI is InChI=1S/C19H26N4O2/c1-12(2)18-17(19(25)20-14-6-10-16(24)11-7-14)21-22-23(18)15-8-4-13(3)5-9-15/h4-5,8-9,12,14,16,24H,6-7,10-11H2,1-3H3,(H,20,25). The van der Waals surface area contributed by atoms with Gasteiger partial charge < -0.3 is 10.4 Å². The second-order valence-electron chi connectivity index (χ2n) is 7.20. The van der Waals surface area contributed by atoms with Gasteiger partial charge in [0.25, 0.3) is 5.91 Å². The maximum absolute atomic E-state index is 12.7. The number of carbonyl (C=O) groups is 1. The lowest BCUT2D eigenvalue weighted by Gasteiger charge is -2.26. The van der Waals surface area contributed by atoms with Crippen LogP contribution in [0.25, 0.3) is 5.69 Å². The number of rotatable bonds is 4. The van der Waals surface area contributed by atoms with Gasteiger partial charge in [0.15, 0.2) is 5.69 Å². The number of aliphatic hydroxyl groups is 1. The number of carbonyl (C=O) groups excluding carboxylic acids is 1. The summed E-state index contributed by atoms with van der Waals surface area (Å²) >= 11 is 0. The van der Waals surface area contributed by atoms with Crippen LogP contribution in [0, 0.1) is 6.92 Å². The van der Waals surface area contributed by atoms with Gasteiger partial charge in [-0.05, 0) is 50.7 Å². The highest BCUT2D eigenvalue weighted by molar-refractivity contribution is 5.93. The van der Waals surface area contributed by atoms with Crippen LogP contribution in [-0.4, -0.2) is 38.2 Å². The van der Waals surface area contributed by atoms with Gasteiger partial charge in [0.2, 0.25) is 0 Å². The topological polar surface area (TPSA) is 80.0 Å². The molecular weight excluding hydrogens is 316 g/mol. The number of aromatic nitrogens is 3. The van der Waals surface area contributed by atoms with E-state index < -0.39 is 0 Å². The number of nitrogens with one attached hydrogen (secondary N) is 1. The number of aryl methyl sites for hydroxylation is 1. The van der Waals surface area contributed by atoms with E-state index >= 15 is 0 Å². The summed E-state index contributed by atoms with van der Waals surface area (Å²) in [5.41, 5.74) is 3.29. The van der Waals surface area contributed by atoms with Crippen LogP contribution in [-0.2, 0) is 0 Å². The smallest absolute Gasteiger partial charge is 0.274 e. The average Bonchev–Trinajstić information content (AvgIpc) is 3.03. The number of aliphatic hydroxyl groups excluding tert-OH is 1. The van der Waals surface area contributed by atoms with Gasteiger partial charge in [-0.1, -0.05) is 36.8 Å². The number of benzene rings is 1. The fourth-order valence-corrected chi connectivity index (χ4v) is 3.32. The molecule has 1 amide bonds. The first-order valence-electron chi connectivity index (χ1n) is 8.97. The molecule has 0 aliphatic heterocycles. The quantitative estimate of drug-likeness (QED) is 0.895. The first-order valence-corrected chi connectivity index (χ1v) is 8.97. The first-order chi connectivity index (χ1) is 12.0. The number of amides is 1. The highest BCUT2D eigenvalue weighted by Crippen LogP contribution is 2.23. The minimum absolute atomic E-state index is 0.0976. The Bertz CT molecular complexity index is 728. The van der Waals surface area contributed by atoms with Crippen molar-refractivity contribution in [3.8, 4) is 5.69 Å². The Balaban J connectivity index is 1.84. The minimum Gasteiger partial charge on any atom is -0.393 e. The van der Waals surface area contributed by atoms with Gasteiger partial charge in [-0.3, -0.25) is 4.79 Å². The van der Waals surface area contributed by atoms with E-state index in [2.05, 4.69) is 15.6 Å². The molecule has 0 spiro atoms. The molecule has 0 bridgehead atoms. The van der Waals surface area contributed by atoms with E-state index in [9.17, 15) is 9.90 Å². The molecule has 0 unspecified atom stereocenters. The molecule has 0 atom stereocenters. The van der Waals surface area contributed by atoms with Crippen LogP contribution in [0.2, 0.25) is 0 Å². The largest absolute Gasteiger partial charge is 0.393 e. The van der Waals surface area contributed by atoms with Crippen molar-refractivity contribution in [2.24, 2.45) is 0 Å². The minimum atomic E-state index is -0.234. The van der Waals surface area contributed by atoms with Crippen molar-refractivity contribution in [1.29, 1.82) is 0 Å². The van der Waals surface area contributed by atoms with E-state index in [1.54, 1.807) is 4.68 Å². The summed E-state index contributed by atoms with van der Waals surface area (Å²) < 4.78 is 1.75. The molecule has 1 aromatic heterocycles. The predicted octanol–water partition coefficient (Wildman–Crippen LogP) is 2.73. The second kappa shape index (κ2) is 7.35. The molecule has 1 aliphatic rings. The van der Waals surface area contributed by atoms with E-state index in [1.807, 2.05) is 45.0 Å². The summed E-state index contributed by atoms with van der Waals surface area (Å²) in [7, 11) is 0. The maximum Gasteiger partial charge on any atom is 0.274 e. The highest BCUT2D eigenvalue weighted by atomic mass is 16.3. The van der Waals surface area contributed by atoms with Crippen LogP contribution in [0.3, 0.4) is 0 Å². The predicted molar refractivity (Wildman–Crippen MR) is 95.9 cm³/mol. The maximum atomic E-state index is 12.7. The van der Waals surface area contributed by atoms with E-state index in [-0.39, 0.29) is 24.0 Å². The van der Waals surface area contributed by atoms with Crippen molar-refractivity contribution in [3.05, 3.63) is 41.2 Å². The Morgan fingerprint density at radius 3 is 2.44 bits per heavy atom. The number of nitrogens with zero attached hydrogens (tertiary/aromatic N) is 3. The van der Waals surface area contributed by atoms with Crippen LogP contribution < -0.4 is 5.32 Å². The third kappa shape index (κ3) is 3.90. The summed E-state index contributed by atoms with van der Waals surface area (Å²) in [6, 6.07) is 8.11.